The lowest BCUT2D eigenvalue weighted by Gasteiger charge is -2.33. The average Bonchev–Trinajstić information content (AvgIpc) is 3.28. The van der Waals surface area contributed by atoms with E-state index < -0.39 is 16.1 Å². The summed E-state index contributed by atoms with van der Waals surface area (Å²) >= 11 is 0. The number of nitrogens with zero attached hydrogens (tertiary/aromatic N) is 2. The molecule has 0 saturated carbocycles. The van der Waals surface area contributed by atoms with Crippen LogP contribution in [0.25, 0.3) is 43.8 Å². The van der Waals surface area contributed by atoms with Gasteiger partial charge >= 0.3 is 0 Å². The van der Waals surface area contributed by atoms with Crippen LogP contribution in [-0.2, 0) is 0 Å². The van der Waals surface area contributed by atoms with Gasteiger partial charge in [0.25, 0.3) is 0 Å². The summed E-state index contributed by atoms with van der Waals surface area (Å²) in [6.45, 7) is 14.5. The summed E-state index contributed by atoms with van der Waals surface area (Å²) in [7, 11) is -3.05. The molecule has 4 heteroatoms. The molecule has 9 rings (SSSR count). The second-order valence-corrected chi connectivity index (χ2v) is 28.0. The van der Waals surface area contributed by atoms with Crippen LogP contribution in [0.2, 0.25) is 39.3 Å². The molecule has 0 amide bonds. The third-order valence-corrected chi connectivity index (χ3v) is 15.9. The van der Waals surface area contributed by atoms with Crippen LogP contribution in [0, 0.1) is 0 Å². The molecule has 2 nitrogen and oxygen atoms in total. The Morgan fingerprint density at radius 2 is 0.483 bits per heavy atom. The summed E-state index contributed by atoms with van der Waals surface area (Å²) in [5.41, 5.74) is 11.7. The molecule has 0 fully saturated rings. The second kappa shape index (κ2) is 15.9. The third-order valence-electron chi connectivity index (χ3n) is 11.8. The van der Waals surface area contributed by atoms with E-state index in [-0.39, 0.29) is 0 Å². The van der Waals surface area contributed by atoms with Crippen LogP contribution < -0.4 is 20.2 Å². The van der Waals surface area contributed by atoms with Gasteiger partial charge in [0, 0.05) is 44.3 Å². The Bertz CT molecular complexity index is 2630. The number of hydrogen-bond donors (Lipinski definition) is 0. The van der Waals surface area contributed by atoms with Crippen LogP contribution >= 0.6 is 0 Å². The van der Waals surface area contributed by atoms with Crippen molar-refractivity contribution >= 4 is 82.2 Å². The van der Waals surface area contributed by atoms with Gasteiger partial charge in [0.15, 0.2) is 0 Å². The van der Waals surface area contributed by atoms with Crippen molar-refractivity contribution in [1.29, 1.82) is 0 Å². The van der Waals surface area contributed by atoms with Gasteiger partial charge in [-0.15, -0.1) is 0 Å². The fourth-order valence-corrected chi connectivity index (χ4v) is 10.8. The molecule has 9 aromatic carbocycles. The van der Waals surface area contributed by atoms with Gasteiger partial charge in [-0.1, -0.05) is 207 Å². The lowest BCUT2D eigenvalue weighted by Crippen LogP contribution is -2.37. The Hall–Kier alpha value is -6.47. The summed E-state index contributed by atoms with van der Waals surface area (Å²) in [6, 6.07) is 76.3. The zero-order valence-corrected chi connectivity index (χ0v) is 37.5. The smallest absolute Gasteiger partial charge is 0.0775 e. The van der Waals surface area contributed by atoms with Crippen LogP contribution in [0.3, 0.4) is 0 Å². The number of rotatable bonds is 10. The Kier molecular flexibility index (Phi) is 10.4. The molecule has 0 atom stereocenters. The fourth-order valence-electron chi connectivity index (χ4n) is 8.47. The largest absolute Gasteiger partial charge is 0.309 e. The molecule has 0 unspecified atom stereocenters. The van der Waals surface area contributed by atoms with Crippen molar-refractivity contribution in [3.05, 3.63) is 206 Å². The van der Waals surface area contributed by atoms with Crippen molar-refractivity contribution in [1.82, 2.24) is 0 Å². The van der Waals surface area contributed by atoms with Gasteiger partial charge in [-0.2, -0.15) is 0 Å². The van der Waals surface area contributed by atoms with Crippen molar-refractivity contribution in [2.45, 2.75) is 39.3 Å². The fraction of sp³-hybridized carbons (Fsp3) is 0.107. The molecule has 0 saturated heterocycles. The molecule has 0 bridgehead atoms. The highest BCUT2D eigenvalue weighted by Crippen LogP contribution is 2.51. The number of anilines is 6. The summed E-state index contributed by atoms with van der Waals surface area (Å²) < 4.78 is 0. The predicted octanol–water partition coefficient (Wildman–Crippen LogP) is 15.4. The minimum atomic E-state index is -1.53. The highest BCUT2D eigenvalue weighted by Gasteiger charge is 2.27. The topological polar surface area (TPSA) is 6.48 Å². The standard InChI is InChI=1S/C56H52N2Si2/c1-59(2,3)49-37-33-47(34-38-49)57(45-29-25-43(26-30-45)41-17-9-7-10-18-41)55-51-21-13-15-23-53(51)56(54-24-16-14-22-52(54)55)58(48-35-39-50(40-36-48)60(4,5)6)46-31-27-44(28-32-46)42-19-11-8-12-20-42/h7-40H,1-6H3. The first kappa shape index (κ1) is 39.0. The van der Waals surface area contributed by atoms with Crippen LogP contribution in [0.4, 0.5) is 34.1 Å². The minimum absolute atomic E-state index is 1.12. The predicted molar refractivity (Wildman–Crippen MR) is 268 cm³/mol. The molecule has 0 spiro atoms. The molecule has 0 aliphatic carbocycles. The molecule has 60 heavy (non-hydrogen) atoms. The van der Waals surface area contributed by atoms with Crippen molar-refractivity contribution in [3.8, 4) is 22.3 Å². The van der Waals surface area contributed by atoms with E-state index in [4.69, 9.17) is 0 Å². The van der Waals surface area contributed by atoms with E-state index in [1.165, 1.54) is 65.5 Å². The van der Waals surface area contributed by atoms with Gasteiger partial charge in [0.1, 0.15) is 0 Å². The monoisotopic (exact) mass is 808 g/mol. The third kappa shape index (κ3) is 7.61. The molecule has 294 valence electrons. The van der Waals surface area contributed by atoms with Crippen molar-refractivity contribution in [2.24, 2.45) is 0 Å². The van der Waals surface area contributed by atoms with E-state index in [1.54, 1.807) is 0 Å². The first-order chi connectivity index (χ1) is 29.0. The zero-order valence-electron chi connectivity index (χ0n) is 35.5. The number of benzene rings is 9. The Morgan fingerprint density at radius 1 is 0.250 bits per heavy atom. The summed E-state index contributed by atoms with van der Waals surface area (Å²) in [6.07, 6.45) is 0. The average molecular weight is 809 g/mol. The first-order valence-electron chi connectivity index (χ1n) is 21.1. The summed E-state index contributed by atoms with van der Waals surface area (Å²) in [5.74, 6) is 0. The first-order valence-corrected chi connectivity index (χ1v) is 28.1. The quantitative estimate of drug-likeness (QED) is 0.0771. The van der Waals surface area contributed by atoms with Gasteiger partial charge in [0.05, 0.1) is 27.5 Å². The maximum atomic E-state index is 2.49. The summed E-state index contributed by atoms with van der Waals surface area (Å²) in [5, 5.41) is 7.67. The van der Waals surface area contributed by atoms with Crippen LogP contribution in [0.1, 0.15) is 0 Å². The van der Waals surface area contributed by atoms with Crippen molar-refractivity contribution in [3.63, 3.8) is 0 Å². The molecule has 0 radical (unpaired) electrons. The van der Waals surface area contributed by atoms with E-state index in [1.807, 2.05) is 0 Å². The summed E-state index contributed by atoms with van der Waals surface area (Å²) in [4.78, 5) is 4.97. The molecular weight excluding hydrogens is 757 g/mol. The maximum absolute atomic E-state index is 2.49. The van der Waals surface area contributed by atoms with Gasteiger partial charge in [-0.3, -0.25) is 0 Å². The number of fused-ring (bicyclic) bond motifs is 2. The normalized spacial score (nSPS) is 11.8. The maximum Gasteiger partial charge on any atom is 0.0775 e. The van der Waals surface area contributed by atoms with E-state index in [0.717, 1.165) is 22.7 Å². The SMILES string of the molecule is C[Si](C)(C)c1ccc(N(c2ccc(-c3ccccc3)cc2)c2c3ccccc3c(N(c3ccc(-c4ccccc4)cc3)c3ccc([Si](C)(C)C)cc3)c3ccccc23)cc1. The molecule has 0 aliphatic heterocycles. The van der Waals surface area contributed by atoms with Crippen molar-refractivity contribution < 1.29 is 0 Å². The molecule has 0 heterocycles. The van der Waals surface area contributed by atoms with E-state index in [9.17, 15) is 0 Å². The molecule has 9 aromatic rings. The zero-order chi connectivity index (χ0) is 41.4. The number of hydrogen-bond acceptors (Lipinski definition) is 2. The van der Waals surface area contributed by atoms with Gasteiger partial charge in [0.2, 0.25) is 0 Å². The minimum Gasteiger partial charge on any atom is -0.309 e. The Balaban J connectivity index is 1.30. The lowest BCUT2D eigenvalue weighted by molar-refractivity contribution is 1.30. The molecular formula is C56H52N2Si2. The lowest BCUT2D eigenvalue weighted by atomic mass is 9.95. The van der Waals surface area contributed by atoms with E-state index in [2.05, 4.69) is 255 Å². The Labute approximate surface area is 358 Å². The van der Waals surface area contributed by atoms with Crippen LogP contribution in [0.5, 0.6) is 0 Å². The van der Waals surface area contributed by atoms with Gasteiger partial charge in [-0.05, 0) is 70.8 Å². The molecule has 0 aliphatic rings. The van der Waals surface area contributed by atoms with Crippen LogP contribution in [0.15, 0.2) is 206 Å². The van der Waals surface area contributed by atoms with Crippen LogP contribution in [-0.4, -0.2) is 16.1 Å². The van der Waals surface area contributed by atoms with Gasteiger partial charge in [-0.25, -0.2) is 0 Å². The van der Waals surface area contributed by atoms with Crippen molar-refractivity contribution in [2.75, 3.05) is 9.80 Å². The highest BCUT2D eigenvalue weighted by molar-refractivity contribution is 6.89. The van der Waals surface area contributed by atoms with E-state index >= 15 is 0 Å². The molecule has 0 N–H and O–H groups in total. The van der Waals surface area contributed by atoms with Gasteiger partial charge < -0.3 is 9.80 Å². The Morgan fingerprint density at radius 3 is 0.750 bits per heavy atom. The highest BCUT2D eigenvalue weighted by atomic mass is 28.3. The molecule has 0 aromatic heterocycles. The van der Waals surface area contributed by atoms with E-state index in [0.29, 0.717) is 0 Å². The second-order valence-electron chi connectivity index (χ2n) is 17.9.